The molecule has 3 nitrogen and oxygen atoms in total. The van der Waals surface area contributed by atoms with Gasteiger partial charge in [0.15, 0.2) is 0 Å². The maximum absolute atomic E-state index is 12.6. The molecule has 0 fully saturated rings. The molecule has 2 aromatic carbocycles. The van der Waals surface area contributed by atoms with Crippen molar-refractivity contribution >= 4 is 16.8 Å². The van der Waals surface area contributed by atoms with Gasteiger partial charge in [0.25, 0.3) is 5.91 Å². The van der Waals surface area contributed by atoms with Gasteiger partial charge in [-0.3, -0.25) is 4.79 Å². The van der Waals surface area contributed by atoms with Gasteiger partial charge in [-0.2, -0.15) is 0 Å². The van der Waals surface area contributed by atoms with Crippen molar-refractivity contribution in [3.63, 3.8) is 0 Å². The third-order valence-electron chi connectivity index (χ3n) is 4.52. The minimum atomic E-state index is 0.0228. The van der Waals surface area contributed by atoms with E-state index in [9.17, 15) is 4.79 Å². The molecule has 1 aromatic heterocycles. The first kappa shape index (κ1) is 13.1. The molecule has 4 rings (SSSR count). The van der Waals surface area contributed by atoms with Gasteiger partial charge in [-0.25, -0.2) is 0 Å². The standard InChI is InChI=1S/C19H18N2O/c22-19(17-6-3-7-18-16(17)10-11-20-18)21-15-9-8-13-4-1-2-5-14(13)12-15/h1-7,10-11,15,20H,8-9,12H2,(H,21,22)/t15-/m0/s1. The van der Waals surface area contributed by atoms with E-state index in [-0.39, 0.29) is 11.9 Å². The van der Waals surface area contributed by atoms with Crippen molar-refractivity contribution in [3.05, 3.63) is 71.4 Å². The number of aromatic amines is 1. The normalized spacial score (nSPS) is 17.2. The zero-order valence-electron chi connectivity index (χ0n) is 12.3. The van der Waals surface area contributed by atoms with Crippen molar-refractivity contribution in [1.29, 1.82) is 0 Å². The van der Waals surface area contributed by atoms with Crippen molar-refractivity contribution in [3.8, 4) is 0 Å². The smallest absolute Gasteiger partial charge is 0.252 e. The maximum atomic E-state index is 12.6. The van der Waals surface area contributed by atoms with Crippen LogP contribution in [0, 0.1) is 0 Å². The number of carbonyl (C=O) groups excluding carboxylic acids is 1. The Balaban J connectivity index is 1.55. The highest BCUT2D eigenvalue weighted by Crippen LogP contribution is 2.22. The Morgan fingerprint density at radius 1 is 1.05 bits per heavy atom. The molecule has 0 bridgehead atoms. The second kappa shape index (κ2) is 5.34. The van der Waals surface area contributed by atoms with Gasteiger partial charge in [-0.15, -0.1) is 0 Å². The van der Waals surface area contributed by atoms with Crippen LogP contribution in [0.15, 0.2) is 54.7 Å². The van der Waals surface area contributed by atoms with Crippen molar-refractivity contribution < 1.29 is 4.79 Å². The number of hydrogen-bond acceptors (Lipinski definition) is 1. The first-order valence-corrected chi connectivity index (χ1v) is 7.75. The SMILES string of the molecule is O=C(N[C@H]1CCc2ccccc2C1)c1cccc2[nH]ccc12. The highest BCUT2D eigenvalue weighted by atomic mass is 16.1. The topological polar surface area (TPSA) is 44.9 Å². The lowest BCUT2D eigenvalue weighted by molar-refractivity contribution is 0.0935. The minimum absolute atomic E-state index is 0.0228. The first-order valence-electron chi connectivity index (χ1n) is 7.75. The molecular formula is C19H18N2O. The van der Waals surface area contributed by atoms with E-state index in [1.807, 2.05) is 30.5 Å². The van der Waals surface area contributed by atoms with Crippen LogP contribution in [0.3, 0.4) is 0 Å². The summed E-state index contributed by atoms with van der Waals surface area (Å²) in [4.78, 5) is 15.8. The highest BCUT2D eigenvalue weighted by Gasteiger charge is 2.21. The molecule has 0 saturated heterocycles. The molecule has 1 aliphatic rings. The van der Waals surface area contributed by atoms with Gasteiger partial charge in [0, 0.05) is 28.7 Å². The number of carbonyl (C=O) groups is 1. The lowest BCUT2D eigenvalue weighted by Gasteiger charge is -2.25. The number of aromatic nitrogens is 1. The number of amides is 1. The van der Waals surface area contributed by atoms with Crippen LogP contribution in [0.5, 0.6) is 0 Å². The zero-order valence-corrected chi connectivity index (χ0v) is 12.3. The molecule has 2 N–H and O–H groups in total. The summed E-state index contributed by atoms with van der Waals surface area (Å²) in [7, 11) is 0. The van der Waals surface area contributed by atoms with E-state index in [0.29, 0.717) is 0 Å². The van der Waals surface area contributed by atoms with E-state index in [1.165, 1.54) is 11.1 Å². The van der Waals surface area contributed by atoms with E-state index in [0.717, 1.165) is 35.7 Å². The fourth-order valence-electron chi connectivity index (χ4n) is 3.37. The van der Waals surface area contributed by atoms with Crippen molar-refractivity contribution in [2.45, 2.75) is 25.3 Å². The number of hydrogen-bond donors (Lipinski definition) is 2. The number of H-pyrrole nitrogens is 1. The molecule has 0 saturated carbocycles. The van der Waals surface area contributed by atoms with Crippen LogP contribution in [-0.2, 0) is 12.8 Å². The van der Waals surface area contributed by atoms with Crippen LogP contribution in [0.4, 0.5) is 0 Å². The Hall–Kier alpha value is -2.55. The van der Waals surface area contributed by atoms with E-state index in [1.54, 1.807) is 0 Å². The molecule has 110 valence electrons. The van der Waals surface area contributed by atoms with Crippen molar-refractivity contribution in [1.82, 2.24) is 10.3 Å². The zero-order chi connectivity index (χ0) is 14.9. The van der Waals surface area contributed by atoms with E-state index >= 15 is 0 Å². The van der Waals surface area contributed by atoms with Crippen LogP contribution in [-0.4, -0.2) is 16.9 Å². The Morgan fingerprint density at radius 3 is 2.82 bits per heavy atom. The first-order chi connectivity index (χ1) is 10.8. The van der Waals surface area contributed by atoms with E-state index in [4.69, 9.17) is 0 Å². The molecule has 0 spiro atoms. The summed E-state index contributed by atoms with van der Waals surface area (Å²) in [5, 5.41) is 4.19. The summed E-state index contributed by atoms with van der Waals surface area (Å²) >= 11 is 0. The Kier molecular flexibility index (Phi) is 3.19. The predicted octanol–water partition coefficient (Wildman–Crippen LogP) is 3.46. The van der Waals surface area contributed by atoms with Gasteiger partial charge < -0.3 is 10.3 Å². The van der Waals surface area contributed by atoms with Gasteiger partial charge in [0.05, 0.1) is 0 Å². The lowest BCUT2D eigenvalue weighted by atomic mass is 9.88. The Bertz CT molecular complexity index is 834. The van der Waals surface area contributed by atoms with Gasteiger partial charge in [0.2, 0.25) is 0 Å². The highest BCUT2D eigenvalue weighted by molar-refractivity contribution is 6.06. The minimum Gasteiger partial charge on any atom is -0.361 e. The Labute approximate surface area is 129 Å². The quantitative estimate of drug-likeness (QED) is 0.746. The summed E-state index contributed by atoms with van der Waals surface area (Å²) in [5.74, 6) is 0.0228. The third-order valence-corrected chi connectivity index (χ3v) is 4.52. The van der Waals surface area contributed by atoms with E-state index in [2.05, 4.69) is 34.6 Å². The van der Waals surface area contributed by atoms with Crippen LogP contribution in [0.25, 0.3) is 10.9 Å². The number of rotatable bonds is 2. The summed E-state index contributed by atoms with van der Waals surface area (Å²) in [6.45, 7) is 0. The van der Waals surface area contributed by atoms with Gasteiger partial charge >= 0.3 is 0 Å². The second-order valence-electron chi connectivity index (χ2n) is 5.93. The molecule has 1 heterocycles. The number of nitrogens with one attached hydrogen (secondary N) is 2. The van der Waals surface area contributed by atoms with Crippen LogP contribution in [0.1, 0.15) is 27.9 Å². The molecule has 1 aliphatic carbocycles. The van der Waals surface area contributed by atoms with Crippen LogP contribution in [0.2, 0.25) is 0 Å². The van der Waals surface area contributed by atoms with Gasteiger partial charge in [-0.05, 0) is 48.6 Å². The molecule has 0 radical (unpaired) electrons. The fraction of sp³-hybridized carbons (Fsp3) is 0.211. The maximum Gasteiger partial charge on any atom is 0.252 e. The number of benzene rings is 2. The second-order valence-corrected chi connectivity index (χ2v) is 5.93. The Morgan fingerprint density at radius 2 is 1.91 bits per heavy atom. The predicted molar refractivity (Wildman–Crippen MR) is 88.0 cm³/mol. The molecule has 22 heavy (non-hydrogen) atoms. The average Bonchev–Trinajstić information content (AvgIpc) is 3.03. The molecule has 0 aliphatic heterocycles. The number of aryl methyl sites for hydroxylation is 1. The molecule has 1 atom stereocenters. The summed E-state index contributed by atoms with van der Waals surface area (Å²) in [6.07, 6.45) is 4.84. The molecular weight excluding hydrogens is 272 g/mol. The third kappa shape index (κ3) is 2.29. The number of fused-ring (bicyclic) bond motifs is 2. The summed E-state index contributed by atoms with van der Waals surface area (Å²) < 4.78 is 0. The van der Waals surface area contributed by atoms with Gasteiger partial charge in [-0.1, -0.05) is 30.3 Å². The van der Waals surface area contributed by atoms with Crippen LogP contribution >= 0.6 is 0 Å². The molecule has 3 aromatic rings. The molecule has 0 unspecified atom stereocenters. The lowest BCUT2D eigenvalue weighted by Crippen LogP contribution is -2.38. The van der Waals surface area contributed by atoms with E-state index < -0.39 is 0 Å². The molecule has 3 heteroatoms. The van der Waals surface area contributed by atoms with Crippen LogP contribution < -0.4 is 5.32 Å². The summed E-state index contributed by atoms with van der Waals surface area (Å²) in [6, 6.07) is 16.5. The van der Waals surface area contributed by atoms with Crippen molar-refractivity contribution in [2.75, 3.05) is 0 Å². The average molecular weight is 290 g/mol. The van der Waals surface area contributed by atoms with Crippen molar-refractivity contribution in [2.24, 2.45) is 0 Å². The van der Waals surface area contributed by atoms with Gasteiger partial charge in [0.1, 0.15) is 0 Å². The molecule has 1 amide bonds. The largest absolute Gasteiger partial charge is 0.361 e. The fourth-order valence-corrected chi connectivity index (χ4v) is 3.37. The monoisotopic (exact) mass is 290 g/mol. The summed E-state index contributed by atoms with van der Waals surface area (Å²) in [5.41, 5.74) is 4.53.